The molecule has 3 aromatic rings. The number of hydrogen-bond donors (Lipinski definition) is 2. The van der Waals surface area contributed by atoms with Crippen molar-refractivity contribution in [2.24, 2.45) is 5.10 Å². The van der Waals surface area contributed by atoms with E-state index in [1.165, 1.54) is 18.3 Å². The first-order valence-corrected chi connectivity index (χ1v) is 8.04. The smallest absolute Gasteiger partial charge is 0.289 e. The Hall–Kier alpha value is -3.48. The number of benzene rings is 2. The third kappa shape index (κ3) is 4.13. The monoisotopic (exact) mass is 352 g/mol. The molecular formula is C19H17FN4O2. The molecule has 2 N–H and O–H groups in total. The highest BCUT2D eigenvalue weighted by Gasteiger charge is 2.10. The molecule has 0 saturated heterocycles. The molecular weight excluding hydrogens is 335 g/mol. The topological polar surface area (TPSA) is 79.4 Å². The first-order valence-electron chi connectivity index (χ1n) is 8.04. The van der Waals surface area contributed by atoms with Crippen LogP contribution >= 0.6 is 0 Å². The number of hydrazone groups is 1. The Balaban J connectivity index is 1.67. The average molecular weight is 352 g/mol. The van der Waals surface area contributed by atoms with E-state index in [9.17, 15) is 9.18 Å². The summed E-state index contributed by atoms with van der Waals surface area (Å²) in [5, 5.41) is 10.7. The van der Waals surface area contributed by atoms with Crippen LogP contribution < -0.4 is 10.2 Å². The van der Waals surface area contributed by atoms with Gasteiger partial charge in [-0.25, -0.2) is 9.82 Å². The Morgan fingerprint density at radius 3 is 2.81 bits per heavy atom. The van der Waals surface area contributed by atoms with Gasteiger partial charge in [-0.15, -0.1) is 0 Å². The van der Waals surface area contributed by atoms with Crippen molar-refractivity contribution in [1.29, 1.82) is 0 Å². The Morgan fingerprint density at radius 1 is 1.27 bits per heavy atom. The number of nitrogens with zero attached hydrogens (tertiary/aromatic N) is 2. The molecule has 0 bridgehead atoms. The summed E-state index contributed by atoms with van der Waals surface area (Å²) in [5.41, 5.74) is 4.69. The van der Waals surface area contributed by atoms with Crippen molar-refractivity contribution in [3.63, 3.8) is 0 Å². The third-order valence-electron chi connectivity index (χ3n) is 3.55. The molecule has 2 aromatic carbocycles. The number of nitrogens with one attached hydrogen (secondary N) is 2. The molecule has 26 heavy (non-hydrogen) atoms. The minimum Gasteiger partial charge on any atom is -0.493 e. The molecule has 0 spiro atoms. The van der Waals surface area contributed by atoms with Crippen LogP contribution in [0.15, 0.2) is 59.7 Å². The lowest BCUT2D eigenvalue weighted by Crippen LogP contribution is -2.18. The second-order valence-electron chi connectivity index (χ2n) is 5.34. The average Bonchev–Trinajstić information content (AvgIpc) is 3.14. The van der Waals surface area contributed by atoms with E-state index in [1.54, 1.807) is 18.2 Å². The van der Waals surface area contributed by atoms with Crippen molar-refractivity contribution >= 4 is 12.1 Å². The molecule has 6 nitrogen and oxygen atoms in total. The molecule has 132 valence electrons. The van der Waals surface area contributed by atoms with Crippen molar-refractivity contribution in [1.82, 2.24) is 15.6 Å². The number of H-pyrrole nitrogens is 1. The molecule has 7 heteroatoms. The van der Waals surface area contributed by atoms with Gasteiger partial charge in [0.05, 0.1) is 18.5 Å². The highest BCUT2D eigenvalue weighted by atomic mass is 19.1. The van der Waals surface area contributed by atoms with E-state index in [2.05, 4.69) is 20.7 Å². The van der Waals surface area contributed by atoms with Crippen molar-refractivity contribution < 1.29 is 13.9 Å². The highest BCUT2D eigenvalue weighted by molar-refractivity contribution is 5.94. The van der Waals surface area contributed by atoms with Gasteiger partial charge < -0.3 is 4.74 Å². The normalized spacial score (nSPS) is 10.8. The number of carbonyl (C=O) groups is 1. The van der Waals surface area contributed by atoms with E-state index >= 15 is 0 Å². The van der Waals surface area contributed by atoms with Gasteiger partial charge in [0.1, 0.15) is 17.3 Å². The summed E-state index contributed by atoms with van der Waals surface area (Å²) in [7, 11) is 0. The van der Waals surface area contributed by atoms with Crippen molar-refractivity contribution in [2.75, 3.05) is 6.61 Å². The van der Waals surface area contributed by atoms with Crippen LogP contribution in [0.25, 0.3) is 11.3 Å². The van der Waals surface area contributed by atoms with Crippen molar-refractivity contribution in [2.45, 2.75) is 6.92 Å². The minimum absolute atomic E-state index is 0.250. The van der Waals surface area contributed by atoms with E-state index < -0.39 is 5.91 Å². The predicted molar refractivity (Wildman–Crippen MR) is 96.7 cm³/mol. The molecule has 1 aromatic heterocycles. The molecule has 3 rings (SSSR count). The lowest BCUT2D eigenvalue weighted by atomic mass is 10.1. The van der Waals surface area contributed by atoms with Gasteiger partial charge in [-0.05, 0) is 49.4 Å². The molecule has 1 heterocycles. The largest absolute Gasteiger partial charge is 0.493 e. The lowest BCUT2D eigenvalue weighted by molar-refractivity contribution is 0.0950. The van der Waals surface area contributed by atoms with E-state index in [4.69, 9.17) is 4.74 Å². The van der Waals surface area contributed by atoms with Crippen LogP contribution in [0.1, 0.15) is 23.0 Å². The van der Waals surface area contributed by atoms with E-state index in [0.717, 1.165) is 5.56 Å². The Labute approximate surface area is 149 Å². The second kappa shape index (κ2) is 8.06. The molecule has 0 unspecified atom stereocenters. The number of rotatable bonds is 6. The number of halogens is 1. The maximum Gasteiger partial charge on any atom is 0.289 e. The Morgan fingerprint density at radius 2 is 2.04 bits per heavy atom. The van der Waals surface area contributed by atoms with E-state index in [0.29, 0.717) is 23.6 Å². The molecule has 0 fully saturated rings. The van der Waals surface area contributed by atoms with Gasteiger partial charge in [0.25, 0.3) is 5.91 Å². The number of carbonyl (C=O) groups excluding carboxylic acids is 1. The molecule has 0 aliphatic heterocycles. The number of para-hydroxylation sites is 1. The number of hydrogen-bond acceptors (Lipinski definition) is 4. The predicted octanol–water partition coefficient (Wildman–Crippen LogP) is 3.38. The number of ether oxygens (including phenoxy) is 1. The quantitative estimate of drug-likeness (QED) is 0.527. The molecule has 0 saturated carbocycles. The lowest BCUT2D eigenvalue weighted by Gasteiger charge is -2.05. The van der Waals surface area contributed by atoms with Crippen LogP contribution in [-0.2, 0) is 0 Å². The van der Waals surface area contributed by atoms with E-state index in [1.807, 2.05) is 31.2 Å². The first kappa shape index (κ1) is 17.3. The van der Waals surface area contributed by atoms with Gasteiger partial charge in [-0.2, -0.15) is 10.2 Å². The molecule has 0 radical (unpaired) electrons. The maximum absolute atomic E-state index is 13.0. The zero-order chi connectivity index (χ0) is 18.4. The summed E-state index contributed by atoms with van der Waals surface area (Å²) < 4.78 is 18.5. The molecule has 0 aliphatic carbocycles. The van der Waals surface area contributed by atoms with Crippen LogP contribution in [0.4, 0.5) is 4.39 Å². The summed E-state index contributed by atoms with van der Waals surface area (Å²) >= 11 is 0. The second-order valence-corrected chi connectivity index (χ2v) is 5.34. The van der Waals surface area contributed by atoms with Gasteiger partial charge in [-0.1, -0.05) is 12.1 Å². The fourth-order valence-electron chi connectivity index (χ4n) is 2.30. The third-order valence-corrected chi connectivity index (χ3v) is 3.55. The number of amides is 1. The van der Waals surface area contributed by atoms with Crippen LogP contribution in [0, 0.1) is 5.82 Å². The van der Waals surface area contributed by atoms with Gasteiger partial charge in [-0.3, -0.25) is 9.89 Å². The molecule has 1 amide bonds. The SMILES string of the molecule is CCOc1ccccc1/C=N\NC(=O)c1cc(-c2ccc(F)cc2)n[nH]1. The zero-order valence-corrected chi connectivity index (χ0v) is 14.1. The summed E-state index contributed by atoms with van der Waals surface area (Å²) in [5.74, 6) is -0.0759. The van der Waals surface area contributed by atoms with Gasteiger partial charge in [0, 0.05) is 11.1 Å². The minimum atomic E-state index is -0.434. The summed E-state index contributed by atoms with van der Waals surface area (Å²) in [6, 6.07) is 14.8. The standard InChI is InChI=1S/C19H17FN4O2/c1-2-26-18-6-4-3-5-14(18)12-21-24-19(25)17-11-16(22-23-17)13-7-9-15(20)10-8-13/h3-12H,2H2,1H3,(H,22,23)(H,24,25)/b21-12-. The number of aromatic nitrogens is 2. The summed E-state index contributed by atoms with van der Waals surface area (Å²) in [6.07, 6.45) is 1.51. The van der Waals surface area contributed by atoms with Gasteiger partial charge in [0.15, 0.2) is 0 Å². The fraction of sp³-hybridized carbons (Fsp3) is 0.105. The molecule has 0 aliphatic rings. The number of aromatic amines is 1. The zero-order valence-electron chi connectivity index (χ0n) is 14.1. The Kier molecular flexibility index (Phi) is 5.38. The van der Waals surface area contributed by atoms with Crippen molar-refractivity contribution in [3.8, 4) is 17.0 Å². The van der Waals surface area contributed by atoms with E-state index in [-0.39, 0.29) is 11.5 Å². The molecule has 0 atom stereocenters. The maximum atomic E-state index is 13.0. The summed E-state index contributed by atoms with van der Waals surface area (Å²) in [4.78, 5) is 12.2. The van der Waals surface area contributed by atoms with Gasteiger partial charge in [0.2, 0.25) is 0 Å². The highest BCUT2D eigenvalue weighted by Crippen LogP contribution is 2.18. The first-order chi connectivity index (χ1) is 12.7. The van der Waals surface area contributed by atoms with Crippen LogP contribution in [0.5, 0.6) is 5.75 Å². The van der Waals surface area contributed by atoms with Crippen LogP contribution in [-0.4, -0.2) is 28.9 Å². The Bertz CT molecular complexity index is 919. The summed E-state index contributed by atoms with van der Waals surface area (Å²) in [6.45, 7) is 2.43. The van der Waals surface area contributed by atoms with Gasteiger partial charge >= 0.3 is 0 Å². The fourth-order valence-corrected chi connectivity index (χ4v) is 2.30. The van der Waals surface area contributed by atoms with Crippen LogP contribution in [0.2, 0.25) is 0 Å². The van der Waals surface area contributed by atoms with Crippen molar-refractivity contribution in [3.05, 3.63) is 71.7 Å². The van der Waals surface area contributed by atoms with Crippen LogP contribution in [0.3, 0.4) is 0 Å².